The Labute approximate surface area is 118 Å². The lowest BCUT2D eigenvalue weighted by atomic mass is 10.1. The van der Waals surface area contributed by atoms with Crippen molar-refractivity contribution in [2.24, 2.45) is 5.92 Å². The second-order valence-corrected chi connectivity index (χ2v) is 4.72. The molecule has 1 unspecified atom stereocenters. The third-order valence-electron chi connectivity index (χ3n) is 2.97. The summed E-state index contributed by atoms with van der Waals surface area (Å²) in [6.07, 6.45) is 7.70. The van der Waals surface area contributed by atoms with Gasteiger partial charge in [0.05, 0.1) is 12.2 Å². The van der Waals surface area contributed by atoms with Crippen LogP contribution in [0.1, 0.15) is 26.2 Å². The highest BCUT2D eigenvalue weighted by atomic mass is 16.4. The number of nitrogens with zero attached hydrogens (tertiary/aromatic N) is 2. The molecular weight excluding hydrogens is 260 g/mol. The first-order chi connectivity index (χ1) is 9.59. The number of aromatic nitrogens is 2. The summed E-state index contributed by atoms with van der Waals surface area (Å²) >= 11 is 0. The normalized spacial score (nSPS) is 11.8. The molecule has 3 N–H and O–H groups in total. The van der Waals surface area contributed by atoms with E-state index in [4.69, 9.17) is 5.11 Å². The van der Waals surface area contributed by atoms with Crippen molar-refractivity contribution in [2.75, 3.05) is 13.1 Å². The van der Waals surface area contributed by atoms with Crippen LogP contribution in [0.2, 0.25) is 0 Å². The molecule has 0 saturated heterocycles. The molecule has 1 aromatic rings. The number of amides is 2. The lowest BCUT2D eigenvalue weighted by Gasteiger charge is -2.09. The lowest BCUT2D eigenvalue weighted by molar-refractivity contribution is -0.141. The molecule has 7 heteroatoms. The number of unbranched alkanes of at least 4 members (excludes halogenated alkanes) is 1. The zero-order valence-electron chi connectivity index (χ0n) is 11.7. The number of urea groups is 1. The zero-order chi connectivity index (χ0) is 14.8. The minimum absolute atomic E-state index is 0.245. The smallest absolute Gasteiger partial charge is 0.314 e. The molecule has 0 aliphatic rings. The second kappa shape index (κ2) is 8.95. The minimum Gasteiger partial charge on any atom is -0.481 e. The van der Waals surface area contributed by atoms with E-state index in [0.29, 0.717) is 19.5 Å². The maximum absolute atomic E-state index is 11.4. The molecule has 1 atom stereocenters. The first-order valence-corrected chi connectivity index (χ1v) is 6.80. The van der Waals surface area contributed by atoms with Crippen LogP contribution in [0.15, 0.2) is 18.7 Å². The van der Waals surface area contributed by atoms with E-state index in [1.165, 1.54) is 0 Å². The third kappa shape index (κ3) is 6.77. The van der Waals surface area contributed by atoms with Crippen molar-refractivity contribution in [2.45, 2.75) is 32.7 Å². The van der Waals surface area contributed by atoms with Crippen LogP contribution in [-0.2, 0) is 11.3 Å². The molecule has 0 spiro atoms. The maximum Gasteiger partial charge on any atom is 0.314 e. The van der Waals surface area contributed by atoms with Gasteiger partial charge in [-0.2, -0.15) is 0 Å². The Morgan fingerprint density at radius 2 is 2.05 bits per heavy atom. The SMILES string of the molecule is CC(CCNC(=O)NCCCCn1ccnc1)C(=O)O. The average molecular weight is 282 g/mol. The molecule has 0 aliphatic heterocycles. The van der Waals surface area contributed by atoms with Gasteiger partial charge in [-0.05, 0) is 19.3 Å². The quantitative estimate of drug-likeness (QED) is 0.590. The highest BCUT2D eigenvalue weighted by Gasteiger charge is 2.10. The summed E-state index contributed by atoms with van der Waals surface area (Å²) in [4.78, 5) is 25.9. The average Bonchev–Trinajstić information content (AvgIpc) is 2.91. The lowest BCUT2D eigenvalue weighted by Crippen LogP contribution is -2.37. The summed E-state index contributed by atoms with van der Waals surface area (Å²) in [5.41, 5.74) is 0. The number of hydrogen-bond donors (Lipinski definition) is 3. The predicted molar refractivity (Wildman–Crippen MR) is 74.3 cm³/mol. The number of aliphatic carboxylic acids is 1. The van der Waals surface area contributed by atoms with Crippen LogP contribution in [0, 0.1) is 5.92 Å². The van der Waals surface area contributed by atoms with E-state index >= 15 is 0 Å². The van der Waals surface area contributed by atoms with Gasteiger partial charge in [0, 0.05) is 32.0 Å². The molecule has 0 aromatic carbocycles. The molecule has 1 rings (SSSR count). The monoisotopic (exact) mass is 282 g/mol. The molecule has 2 amide bonds. The number of imidazole rings is 1. The number of carbonyl (C=O) groups is 2. The summed E-state index contributed by atoms with van der Waals surface area (Å²) in [6.45, 7) is 3.49. The van der Waals surface area contributed by atoms with Crippen molar-refractivity contribution >= 4 is 12.0 Å². The molecule has 20 heavy (non-hydrogen) atoms. The molecular formula is C13H22N4O3. The van der Waals surface area contributed by atoms with Gasteiger partial charge in [-0.3, -0.25) is 4.79 Å². The van der Waals surface area contributed by atoms with E-state index in [2.05, 4.69) is 15.6 Å². The van der Waals surface area contributed by atoms with Gasteiger partial charge in [0.1, 0.15) is 0 Å². The maximum atomic E-state index is 11.4. The predicted octanol–water partition coefficient (Wildman–Crippen LogP) is 1.07. The van der Waals surface area contributed by atoms with E-state index in [9.17, 15) is 9.59 Å². The fourth-order valence-corrected chi connectivity index (χ4v) is 1.63. The van der Waals surface area contributed by atoms with Crippen LogP contribution in [-0.4, -0.2) is 39.7 Å². The zero-order valence-corrected chi connectivity index (χ0v) is 11.7. The number of aryl methyl sites for hydroxylation is 1. The van der Waals surface area contributed by atoms with E-state index in [1.807, 2.05) is 10.8 Å². The molecule has 7 nitrogen and oxygen atoms in total. The number of carboxylic acids is 1. The largest absolute Gasteiger partial charge is 0.481 e. The van der Waals surface area contributed by atoms with Crippen molar-refractivity contribution in [3.63, 3.8) is 0 Å². The fraction of sp³-hybridized carbons (Fsp3) is 0.615. The van der Waals surface area contributed by atoms with E-state index < -0.39 is 11.9 Å². The first kappa shape index (κ1) is 16.0. The van der Waals surface area contributed by atoms with Crippen molar-refractivity contribution in [1.82, 2.24) is 20.2 Å². The van der Waals surface area contributed by atoms with Crippen LogP contribution in [0.5, 0.6) is 0 Å². The van der Waals surface area contributed by atoms with Gasteiger partial charge in [-0.15, -0.1) is 0 Å². The summed E-state index contributed by atoms with van der Waals surface area (Å²) in [7, 11) is 0. The molecule has 1 aromatic heterocycles. The highest BCUT2D eigenvalue weighted by Crippen LogP contribution is 1.99. The molecule has 1 heterocycles. The molecule has 0 radical (unpaired) electrons. The minimum atomic E-state index is -0.841. The van der Waals surface area contributed by atoms with E-state index in [1.54, 1.807) is 19.4 Å². The van der Waals surface area contributed by atoms with Crippen LogP contribution < -0.4 is 10.6 Å². The number of hydrogen-bond acceptors (Lipinski definition) is 3. The van der Waals surface area contributed by atoms with Crippen LogP contribution in [0.25, 0.3) is 0 Å². The van der Waals surface area contributed by atoms with Crippen LogP contribution >= 0.6 is 0 Å². The molecule has 0 bridgehead atoms. The van der Waals surface area contributed by atoms with Gasteiger partial charge in [-0.1, -0.05) is 6.92 Å². The molecule has 0 fully saturated rings. The van der Waals surface area contributed by atoms with Crippen molar-refractivity contribution < 1.29 is 14.7 Å². The van der Waals surface area contributed by atoms with Gasteiger partial charge >= 0.3 is 12.0 Å². The topological polar surface area (TPSA) is 96.3 Å². The Morgan fingerprint density at radius 1 is 1.30 bits per heavy atom. The van der Waals surface area contributed by atoms with Crippen molar-refractivity contribution in [1.29, 1.82) is 0 Å². The van der Waals surface area contributed by atoms with Crippen molar-refractivity contribution in [3.8, 4) is 0 Å². The Hall–Kier alpha value is -2.05. The van der Waals surface area contributed by atoms with E-state index in [0.717, 1.165) is 19.4 Å². The van der Waals surface area contributed by atoms with Gasteiger partial charge in [0.15, 0.2) is 0 Å². The summed E-state index contributed by atoms with van der Waals surface area (Å²) in [5, 5.41) is 14.1. The first-order valence-electron chi connectivity index (χ1n) is 6.80. The number of rotatable bonds is 9. The molecule has 112 valence electrons. The second-order valence-electron chi connectivity index (χ2n) is 4.72. The number of carbonyl (C=O) groups excluding carboxylic acids is 1. The molecule has 0 saturated carbocycles. The Kier molecular flexibility index (Phi) is 7.16. The third-order valence-corrected chi connectivity index (χ3v) is 2.97. The fourth-order valence-electron chi connectivity index (χ4n) is 1.63. The highest BCUT2D eigenvalue weighted by molar-refractivity contribution is 5.74. The van der Waals surface area contributed by atoms with Gasteiger partial charge < -0.3 is 20.3 Å². The van der Waals surface area contributed by atoms with Crippen LogP contribution in [0.3, 0.4) is 0 Å². The Balaban J connectivity index is 1.96. The van der Waals surface area contributed by atoms with Crippen LogP contribution in [0.4, 0.5) is 4.79 Å². The standard InChI is InChI=1S/C13H22N4O3/c1-11(12(18)19)4-6-16-13(20)15-5-2-3-8-17-9-7-14-10-17/h7,9-11H,2-6,8H2,1H3,(H,18,19)(H2,15,16,20). The van der Waals surface area contributed by atoms with E-state index in [-0.39, 0.29) is 6.03 Å². The van der Waals surface area contributed by atoms with Gasteiger partial charge in [0.25, 0.3) is 0 Å². The Bertz CT molecular complexity index is 406. The van der Waals surface area contributed by atoms with Gasteiger partial charge in [0.2, 0.25) is 0 Å². The van der Waals surface area contributed by atoms with Gasteiger partial charge in [-0.25, -0.2) is 9.78 Å². The molecule has 0 aliphatic carbocycles. The number of nitrogens with one attached hydrogen (secondary N) is 2. The summed E-state index contributed by atoms with van der Waals surface area (Å²) in [6, 6.07) is -0.245. The number of carboxylic acid groups (broad SMARTS) is 1. The van der Waals surface area contributed by atoms with Crippen molar-refractivity contribution in [3.05, 3.63) is 18.7 Å². The Morgan fingerprint density at radius 3 is 2.70 bits per heavy atom. The summed E-state index contributed by atoms with van der Waals surface area (Å²) < 4.78 is 1.99. The summed E-state index contributed by atoms with van der Waals surface area (Å²) in [5.74, 6) is -1.28.